The Labute approximate surface area is 183 Å². The van der Waals surface area contributed by atoms with Crippen molar-refractivity contribution in [3.8, 4) is 11.3 Å². The molecule has 29 heavy (non-hydrogen) atoms. The Morgan fingerprint density at radius 1 is 1.24 bits per heavy atom. The minimum atomic E-state index is 0. The van der Waals surface area contributed by atoms with Crippen molar-refractivity contribution < 1.29 is 4.79 Å². The van der Waals surface area contributed by atoms with E-state index in [0.29, 0.717) is 24.6 Å². The van der Waals surface area contributed by atoms with Crippen LogP contribution < -0.4 is 5.73 Å². The number of carbonyl (C=O) groups excluding carboxylic acids is 1. The van der Waals surface area contributed by atoms with Crippen molar-refractivity contribution >= 4 is 41.6 Å². The highest BCUT2D eigenvalue weighted by Gasteiger charge is 2.33. The predicted octanol–water partition coefficient (Wildman–Crippen LogP) is 4.26. The Morgan fingerprint density at radius 2 is 2.03 bits per heavy atom. The largest absolute Gasteiger partial charge is 0.336 e. The molecule has 0 spiro atoms. The summed E-state index contributed by atoms with van der Waals surface area (Å²) in [4.78, 5) is 24.4. The fourth-order valence-corrected chi connectivity index (χ4v) is 3.93. The van der Waals surface area contributed by atoms with Gasteiger partial charge >= 0.3 is 0 Å². The van der Waals surface area contributed by atoms with Crippen LogP contribution in [-0.2, 0) is 0 Å². The molecule has 5 nitrogen and oxygen atoms in total. The number of fused-ring (bicyclic) bond motifs is 1. The minimum Gasteiger partial charge on any atom is -0.336 e. The number of benzene rings is 1. The molecule has 1 amide bonds. The highest BCUT2D eigenvalue weighted by atomic mass is 35.5. The number of rotatable bonds is 3. The van der Waals surface area contributed by atoms with Crippen LogP contribution in [0.5, 0.6) is 0 Å². The van der Waals surface area contributed by atoms with Crippen molar-refractivity contribution in [3.63, 3.8) is 0 Å². The molecular formula is C22H26Cl2N4O. The molecular weight excluding hydrogens is 407 g/mol. The zero-order valence-corrected chi connectivity index (χ0v) is 18.2. The third-order valence-corrected chi connectivity index (χ3v) is 5.41. The Balaban J connectivity index is 0.00000150. The van der Waals surface area contributed by atoms with Crippen molar-refractivity contribution in [2.24, 2.45) is 11.7 Å². The van der Waals surface area contributed by atoms with Gasteiger partial charge in [-0.15, -0.1) is 24.8 Å². The number of carbonyl (C=O) groups is 1. The molecule has 7 heteroatoms. The third kappa shape index (κ3) is 4.53. The van der Waals surface area contributed by atoms with Crippen molar-refractivity contribution in [1.82, 2.24) is 14.9 Å². The summed E-state index contributed by atoms with van der Waals surface area (Å²) in [6.07, 6.45) is 4.47. The molecule has 0 saturated carbocycles. The third-order valence-electron chi connectivity index (χ3n) is 5.41. The Kier molecular flexibility index (Phi) is 7.58. The first-order valence-corrected chi connectivity index (χ1v) is 9.39. The molecule has 1 fully saturated rings. The van der Waals surface area contributed by atoms with Gasteiger partial charge < -0.3 is 10.6 Å². The lowest BCUT2D eigenvalue weighted by Crippen LogP contribution is -2.34. The molecule has 0 bridgehead atoms. The monoisotopic (exact) mass is 432 g/mol. The standard InChI is InChI=1S/C22H24N4O.2ClH/c1-14-5-6-20-18(8-14)19(10-21(25-20)17-4-3-7-24-12-17)22(27)26-13-16(11-23)9-15(26)2;;/h3-8,10,12,15-16H,9,11,13,23H2,1-2H3;2*1H. The molecule has 154 valence electrons. The number of aromatic nitrogens is 2. The van der Waals surface area contributed by atoms with E-state index in [4.69, 9.17) is 10.7 Å². The van der Waals surface area contributed by atoms with E-state index in [1.807, 2.05) is 48.2 Å². The number of hydrogen-bond donors (Lipinski definition) is 1. The van der Waals surface area contributed by atoms with E-state index >= 15 is 0 Å². The van der Waals surface area contributed by atoms with Gasteiger partial charge in [-0.1, -0.05) is 11.6 Å². The Hall–Kier alpha value is -2.21. The summed E-state index contributed by atoms with van der Waals surface area (Å²) in [5.74, 6) is 0.429. The van der Waals surface area contributed by atoms with Gasteiger partial charge in [0.1, 0.15) is 0 Å². The number of pyridine rings is 2. The average Bonchev–Trinajstić information content (AvgIpc) is 3.08. The molecule has 2 unspecified atom stereocenters. The molecule has 1 aromatic carbocycles. The van der Waals surface area contributed by atoms with Gasteiger partial charge in [0.05, 0.1) is 16.8 Å². The molecule has 0 radical (unpaired) electrons. The van der Waals surface area contributed by atoms with Crippen molar-refractivity contribution in [3.05, 3.63) is 59.9 Å². The summed E-state index contributed by atoms with van der Waals surface area (Å²) in [5.41, 5.74) is 10.2. The summed E-state index contributed by atoms with van der Waals surface area (Å²) in [5, 5.41) is 0.899. The maximum Gasteiger partial charge on any atom is 0.254 e. The first-order valence-electron chi connectivity index (χ1n) is 9.39. The number of halogens is 2. The van der Waals surface area contributed by atoms with Crippen LogP contribution in [0, 0.1) is 12.8 Å². The molecule has 1 saturated heterocycles. The Morgan fingerprint density at radius 3 is 2.69 bits per heavy atom. The lowest BCUT2D eigenvalue weighted by Gasteiger charge is -2.23. The molecule has 1 aliphatic heterocycles. The number of amides is 1. The van der Waals surface area contributed by atoms with Gasteiger partial charge in [-0.3, -0.25) is 9.78 Å². The molecule has 3 aromatic rings. The van der Waals surface area contributed by atoms with E-state index in [2.05, 4.69) is 11.9 Å². The number of aryl methyl sites for hydroxylation is 1. The van der Waals surface area contributed by atoms with Crippen LogP contribution in [0.25, 0.3) is 22.2 Å². The maximum atomic E-state index is 13.5. The summed E-state index contributed by atoms with van der Waals surface area (Å²) in [6.45, 7) is 5.47. The summed E-state index contributed by atoms with van der Waals surface area (Å²) >= 11 is 0. The van der Waals surface area contributed by atoms with Gasteiger partial charge in [0.2, 0.25) is 0 Å². The molecule has 1 aliphatic rings. The molecule has 3 heterocycles. The van der Waals surface area contributed by atoms with Crippen LogP contribution in [0.2, 0.25) is 0 Å². The van der Waals surface area contributed by atoms with E-state index in [9.17, 15) is 4.79 Å². The predicted molar refractivity (Wildman–Crippen MR) is 122 cm³/mol. The fraction of sp³-hybridized carbons (Fsp3) is 0.318. The van der Waals surface area contributed by atoms with Gasteiger partial charge in [0.25, 0.3) is 5.91 Å². The van der Waals surface area contributed by atoms with Crippen LogP contribution in [0.15, 0.2) is 48.8 Å². The Bertz CT molecular complexity index is 997. The number of hydrogen-bond acceptors (Lipinski definition) is 4. The van der Waals surface area contributed by atoms with Crippen molar-refractivity contribution in [2.45, 2.75) is 26.3 Å². The van der Waals surface area contributed by atoms with Crippen LogP contribution in [0.1, 0.15) is 29.3 Å². The maximum absolute atomic E-state index is 13.5. The average molecular weight is 433 g/mol. The van der Waals surface area contributed by atoms with Gasteiger partial charge in [-0.2, -0.15) is 0 Å². The van der Waals surface area contributed by atoms with Crippen molar-refractivity contribution in [1.29, 1.82) is 0 Å². The SMILES string of the molecule is Cc1ccc2nc(-c3cccnc3)cc(C(=O)N3CC(CN)CC3C)c2c1.Cl.Cl. The highest BCUT2D eigenvalue weighted by Crippen LogP contribution is 2.30. The van der Waals surface area contributed by atoms with E-state index in [0.717, 1.165) is 34.1 Å². The second-order valence-corrected chi connectivity index (χ2v) is 7.46. The summed E-state index contributed by atoms with van der Waals surface area (Å²) in [6, 6.07) is 12.0. The second-order valence-electron chi connectivity index (χ2n) is 7.46. The normalized spacial score (nSPS) is 18.2. The summed E-state index contributed by atoms with van der Waals surface area (Å²) < 4.78 is 0. The smallest absolute Gasteiger partial charge is 0.254 e. The first kappa shape index (κ1) is 23.1. The van der Waals surface area contributed by atoms with Gasteiger partial charge in [0, 0.05) is 35.9 Å². The molecule has 2 N–H and O–H groups in total. The minimum absolute atomic E-state index is 0. The quantitative estimate of drug-likeness (QED) is 0.670. The van der Waals surface area contributed by atoms with Crippen LogP contribution in [0.4, 0.5) is 0 Å². The molecule has 2 atom stereocenters. The van der Waals surface area contributed by atoms with Gasteiger partial charge in [-0.25, -0.2) is 4.98 Å². The van der Waals surface area contributed by atoms with Crippen molar-refractivity contribution in [2.75, 3.05) is 13.1 Å². The first-order chi connectivity index (χ1) is 13.1. The highest BCUT2D eigenvalue weighted by molar-refractivity contribution is 6.07. The number of nitrogens with zero attached hydrogens (tertiary/aromatic N) is 3. The molecule has 4 rings (SSSR count). The zero-order valence-electron chi connectivity index (χ0n) is 16.5. The van der Waals surface area contributed by atoms with E-state index in [1.165, 1.54) is 0 Å². The van der Waals surface area contributed by atoms with E-state index < -0.39 is 0 Å². The zero-order chi connectivity index (χ0) is 19.0. The van der Waals surface area contributed by atoms with Gasteiger partial charge in [-0.05, 0) is 63.1 Å². The van der Waals surface area contributed by atoms with Gasteiger partial charge in [0.15, 0.2) is 0 Å². The topological polar surface area (TPSA) is 72.1 Å². The van der Waals surface area contributed by atoms with E-state index in [1.54, 1.807) is 12.4 Å². The fourth-order valence-electron chi connectivity index (χ4n) is 3.93. The number of nitrogens with two attached hydrogens (primary N) is 1. The molecule has 0 aliphatic carbocycles. The van der Waals surface area contributed by atoms with Crippen LogP contribution in [-0.4, -0.2) is 39.9 Å². The van der Waals surface area contributed by atoms with E-state index in [-0.39, 0.29) is 36.8 Å². The van der Waals surface area contributed by atoms with Crippen LogP contribution in [0.3, 0.4) is 0 Å². The second kappa shape index (κ2) is 9.53. The lowest BCUT2D eigenvalue weighted by molar-refractivity contribution is 0.0745. The van der Waals surface area contributed by atoms with Crippen LogP contribution >= 0.6 is 24.8 Å². The molecule has 2 aromatic heterocycles. The lowest BCUT2D eigenvalue weighted by atomic mass is 10.0. The number of likely N-dealkylation sites (tertiary alicyclic amines) is 1. The summed E-state index contributed by atoms with van der Waals surface area (Å²) in [7, 11) is 0.